The maximum absolute atomic E-state index is 13.9. The van der Waals surface area contributed by atoms with Crippen LogP contribution in [-0.4, -0.2) is 22.8 Å². The van der Waals surface area contributed by atoms with Crippen molar-refractivity contribution in [2.75, 3.05) is 10.6 Å². The number of halogens is 2. The van der Waals surface area contributed by atoms with Gasteiger partial charge in [0.15, 0.2) is 5.92 Å². The molecule has 2 N–H and O–H groups in total. The molecule has 0 atom stereocenters. The minimum absolute atomic E-state index is 0.183. The fourth-order valence-corrected chi connectivity index (χ4v) is 5.75. The molecule has 0 saturated heterocycles. The molecule has 11 heteroatoms. The predicted octanol–water partition coefficient (Wildman–Crippen LogP) is 8.81. The molecule has 0 bridgehead atoms. The van der Waals surface area contributed by atoms with Crippen molar-refractivity contribution >= 4 is 63.7 Å². The molecular formula is C34H27Cl2N3O5S. The summed E-state index contributed by atoms with van der Waals surface area (Å²) >= 11 is 13.8. The molecule has 1 heterocycles. The molecule has 0 unspecified atom stereocenters. The van der Waals surface area contributed by atoms with E-state index in [2.05, 4.69) is 10.6 Å². The van der Waals surface area contributed by atoms with Crippen LogP contribution in [0.2, 0.25) is 10.0 Å². The van der Waals surface area contributed by atoms with Gasteiger partial charge in [-0.25, -0.2) is 4.98 Å². The molecule has 5 aromatic rings. The van der Waals surface area contributed by atoms with Gasteiger partial charge in [0, 0.05) is 12.5 Å². The summed E-state index contributed by atoms with van der Waals surface area (Å²) in [5.74, 6) is -2.34. The van der Waals surface area contributed by atoms with E-state index in [1.165, 1.54) is 6.92 Å². The van der Waals surface area contributed by atoms with Crippen LogP contribution >= 0.6 is 34.5 Å². The van der Waals surface area contributed by atoms with Crippen molar-refractivity contribution in [3.63, 3.8) is 0 Å². The van der Waals surface area contributed by atoms with Gasteiger partial charge in [-0.15, -0.1) is 0 Å². The zero-order valence-electron chi connectivity index (χ0n) is 24.4. The molecule has 0 radical (unpaired) electrons. The quantitative estimate of drug-likeness (QED) is 0.0930. The number of thiazole rings is 1. The summed E-state index contributed by atoms with van der Waals surface area (Å²) in [4.78, 5) is 43.9. The molecule has 4 aromatic carbocycles. The number of rotatable bonds is 9. The molecule has 2 amide bonds. The lowest BCUT2D eigenvalue weighted by Gasteiger charge is -2.17. The maximum atomic E-state index is 13.9. The molecule has 228 valence electrons. The molecule has 0 saturated carbocycles. The van der Waals surface area contributed by atoms with Crippen molar-refractivity contribution in [1.29, 1.82) is 0 Å². The highest BCUT2D eigenvalue weighted by molar-refractivity contribution is 7.14. The minimum atomic E-state index is -1.41. The first-order valence-electron chi connectivity index (χ1n) is 13.7. The zero-order chi connectivity index (χ0) is 32.1. The molecule has 1 aromatic heterocycles. The molecule has 0 aliphatic rings. The largest absolute Gasteiger partial charge is 0.444 e. The van der Waals surface area contributed by atoms with Crippen LogP contribution < -0.4 is 20.1 Å². The van der Waals surface area contributed by atoms with Gasteiger partial charge in [-0.3, -0.25) is 14.4 Å². The summed E-state index contributed by atoms with van der Waals surface area (Å²) in [6.07, 6.45) is 0. The summed E-state index contributed by atoms with van der Waals surface area (Å²) in [6, 6.07) is 26.2. The Morgan fingerprint density at radius 2 is 1.29 bits per heavy atom. The Bertz CT molecular complexity index is 1810. The first kappa shape index (κ1) is 31.7. The third kappa shape index (κ3) is 7.88. The van der Waals surface area contributed by atoms with E-state index in [-0.39, 0.29) is 5.01 Å². The Morgan fingerprint density at radius 3 is 1.82 bits per heavy atom. The summed E-state index contributed by atoms with van der Waals surface area (Å²) in [5, 5.41) is 6.78. The number of amides is 2. The Morgan fingerprint density at radius 1 is 0.756 bits per heavy atom. The van der Waals surface area contributed by atoms with Crippen LogP contribution in [0, 0.1) is 13.8 Å². The first-order chi connectivity index (χ1) is 21.6. The van der Waals surface area contributed by atoms with E-state index in [1.54, 1.807) is 48.5 Å². The van der Waals surface area contributed by atoms with E-state index >= 15 is 0 Å². The Kier molecular flexibility index (Phi) is 9.83. The average Bonchev–Trinajstić information content (AvgIpc) is 3.41. The standard InChI is InChI=1S/C34H27Cl2N3O5S/c1-19-9-15-25(35)27(17-19)37-31(41)29(32(42)38-28-18-20(2)10-16-26(28)36)33-39-30(22-7-5-4-6-8-22)34(45-33)44-24-13-11-23(12-14-24)43-21(3)40/h4-18,29H,1-3H3,(H,37,41)(H,38,42). The third-order valence-corrected chi connectivity index (χ3v) is 8.14. The summed E-state index contributed by atoms with van der Waals surface area (Å²) < 4.78 is 11.3. The number of hydrogen-bond donors (Lipinski definition) is 2. The van der Waals surface area contributed by atoms with E-state index in [4.69, 9.17) is 37.7 Å². The Hall–Kier alpha value is -4.70. The molecule has 5 rings (SSSR count). The number of aromatic nitrogens is 1. The highest BCUT2D eigenvalue weighted by Gasteiger charge is 2.34. The highest BCUT2D eigenvalue weighted by Crippen LogP contribution is 2.42. The zero-order valence-corrected chi connectivity index (χ0v) is 26.7. The summed E-state index contributed by atoms with van der Waals surface area (Å²) in [6.45, 7) is 5.05. The van der Waals surface area contributed by atoms with Crippen LogP contribution in [0.15, 0.2) is 91.0 Å². The number of anilines is 2. The smallest absolute Gasteiger partial charge is 0.308 e. The Balaban J connectivity index is 1.56. The van der Waals surface area contributed by atoms with Crippen molar-refractivity contribution in [1.82, 2.24) is 4.98 Å². The number of esters is 1. The lowest BCUT2D eigenvalue weighted by molar-refractivity contribution is -0.132. The van der Waals surface area contributed by atoms with E-state index < -0.39 is 23.7 Å². The fraction of sp³-hybridized carbons (Fsp3) is 0.118. The van der Waals surface area contributed by atoms with Gasteiger partial charge in [-0.1, -0.05) is 77.0 Å². The highest BCUT2D eigenvalue weighted by atomic mass is 35.5. The number of aryl methyl sites for hydroxylation is 2. The minimum Gasteiger partial charge on any atom is -0.444 e. The number of carbonyl (C=O) groups excluding carboxylic acids is 3. The number of nitrogens with zero attached hydrogens (tertiary/aromatic N) is 1. The second-order valence-corrected chi connectivity index (χ2v) is 11.9. The number of hydrogen-bond acceptors (Lipinski definition) is 7. The van der Waals surface area contributed by atoms with Gasteiger partial charge >= 0.3 is 5.97 Å². The topological polar surface area (TPSA) is 107 Å². The Labute approximate surface area is 273 Å². The summed E-state index contributed by atoms with van der Waals surface area (Å²) in [7, 11) is 0. The molecule has 45 heavy (non-hydrogen) atoms. The van der Waals surface area contributed by atoms with Gasteiger partial charge in [-0.05, 0) is 73.5 Å². The van der Waals surface area contributed by atoms with Crippen molar-refractivity contribution < 1.29 is 23.9 Å². The van der Waals surface area contributed by atoms with E-state index in [0.29, 0.717) is 43.7 Å². The SMILES string of the molecule is CC(=O)Oc1ccc(Oc2sc(C(C(=O)Nc3cc(C)ccc3Cl)C(=O)Nc3cc(C)ccc3Cl)nc2-c2ccccc2)cc1. The number of benzene rings is 4. The molecular weight excluding hydrogens is 633 g/mol. The molecule has 0 aliphatic heterocycles. The summed E-state index contributed by atoms with van der Waals surface area (Å²) in [5.41, 5.74) is 3.62. The van der Waals surface area contributed by atoms with Crippen molar-refractivity contribution in [2.45, 2.75) is 26.7 Å². The van der Waals surface area contributed by atoms with Crippen LogP contribution in [0.25, 0.3) is 11.3 Å². The second kappa shape index (κ2) is 13.9. The van der Waals surface area contributed by atoms with Gasteiger partial charge in [0.25, 0.3) is 0 Å². The van der Waals surface area contributed by atoms with Crippen molar-refractivity contribution in [2.24, 2.45) is 0 Å². The van der Waals surface area contributed by atoms with Gasteiger partial charge in [0.05, 0.1) is 21.4 Å². The van der Waals surface area contributed by atoms with Gasteiger partial charge in [0.1, 0.15) is 22.2 Å². The van der Waals surface area contributed by atoms with Crippen LogP contribution in [-0.2, 0) is 14.4 Å². The normalized spacial score (nSPS) is 10.8. The third-order valence-electron chi connectivity index (χ3n) is 6.49. The predicted molar refractivity (Wildman–Crippen MR) is 178 cm³/mol. The number of ether oxygens (including phenoxy) is 2. The van der Waals surface area contributed by atoms with Gasteiger partial charge < -0.3 is 20.1 Å². The van der Waals surface area contributed by atoms with Crippen LogP contribution in [0.3, 0.4) is 0 Å². The van der Waals surface area contributed by atoms with E-state index in [9.17, 15) is 14.4 Å². The van der Waals surface area contributed by atoms with Crippen LogP contribution in [0.1, 0.15) is 29.0 Å². The molecule has 0 spiro atoms. The van der Waals surface area contributed by atoms with Gasteiger partial charge in [-0.2, -0.15) is 0 Å². The molecule has 0 fully saturated rings. The van der Waals surface area contributed by atoms with Crippen LogP contribution in [0.5, 0.6) is 16.6 Å². The van der Waals surface area contributed by atoms with E-state index in [1.807, 2.05) is 56.3 Å². The lowest BCUT2D eigenvalue weighted by atomic mass is 10.1. The lowest BCUT2D eigenvalue weighted by Crippen LogP contribution is -2.32. The first-order valence-corrected chi connectivity index (χ1v) is 15.3. The fourth-order valence-electron chi connectivity index (χ4n) is 4.36. The molecule has 0 aliphatic carbocycles. The number of nitrogens with one attached hydrogen (secondary N) is 2. The monoisotopic (exact) mass is 659 g/mol. The maximum Gasteiger partial charge on any atom is 0.308 e. The van der Waals surface area contributed by atoms with Gasteiger partial charge in [0.2, 0.25) is 16.9 Å². The van der Waals surface area contributed by atoms with E-state index in [0.717, 1.165) is 28.0 Å². The molecule has 8 nitrogen and oxygen atoms in total. The average molecular weight is 661 g/mol. The number of carbonyl (C=O) groups is 3. The second-order valence-electron chi connectivity index (χ2n) is 10.1. The van der Waals surface area contributed by atoms with Crippen molar-refractivity contribution in [3.05, 3.63) is 117 Å². The van der Waals surface area contributed by atoms with Crippen molar-refractivity contribution in [3.8, 4) is 27.8 Å². The van der Waals surface area contributed by atoms with Crippen LogP contribution in [0.4, 0.5) is 11.4 Å².